The molecule has 2 aliphatic rings. The number of hydrogen-bond acceptors (Lipinski definition) is 6. The van der Waals surface area contributed by atoms with E-state index in [1.165, 1.54) is 51.9 Å². The first-order valence-electron chi connectivity index (χ1n) is 12.8. The van der Waals surface area contributed by atoms with Gasteiger partial charge < -0.3 is 14.5 Å². The summed E-state index contributed by atoms with van der Waals surface area (Å²) in [5.41, 5.74) is 1.85. The molecule has 2 saturated heterocycles. The van der Waals surface area contributed by atoms with E-state index in [1.807, 2.05) is 37.4 Å². The summed E-state index contributed by atoms with van der Waals surface area (Å²) in [6.07, 6.45) is 6.46. The highest BCUT2D eigenvalue weighted by Crippen LogP contribution is 2.30. The Morgan fingerprint density at radius 2 is 1.79 bits per heavy atom. The van der Waals surface area contributed by atoms with E-state index in [4.69, 9.17) is 9.84 Å². The minimum absolute atomic E-state index is 0.0177. The van der Waals surface area contributed by atoms with Crippen LogP contribution in [0.25, 0.3) is 21.3 Å². The first-order chi connectivity index (χ1) is 16.6. The molecule has 3 aromatic rings. The van der Waals surface area contributed by atoms with Crippen LogP contribution in [0.15, 0.2) is 40.5 Å². The smallest absolute Gasteiger partial charge is 0.275 e. The Hall–Kier alpha value is -2.22. The van der Waals surface area contributed by atoms with Gasteiger partial charge in [0.15, 0.2) is 0 Å². The second-order valence-electron chi connectivity index (χ2n) is 9.90. The molecule has 0 unspecified atom stereocenters. The lowest BCUT2D eigenvalue weighted by Gasteiger charge is -2.36. The van der Waals surface area contributed by atoms with Crippen molar-refractivity contribution in [3.05, 3.63) is 46.1 Å². The van der Waals surface area contributed by atoms with Gasteiger partial charge in [-0.2, -0.15) is 5.10 Å². The molecule has 0 aliphatic carbocycles. The van der Waals surface area contributed by atoms with Crippen LogP contribution in [0.5, 0.6) is 5.75 Å². The molecule has 6 nitrogen and oxygen atoms in total. The Morgan fingerprint density at radius 3 is 2.50 bits per heavy atom. The molecule has 7 heteroatoms. The van der Waals surface area contributed by atoms with Gasteiger partial charge in [0.1, 0.15) is 11.4 Å². The van der Waals surface area contributed by atoms with Crippen LogP contribution in [0, 0.1) is 0 Å². The van der Waals surface area contributed by atoms with E-state index in [0.717, 1.165) is 52.7 Å². The van der Waals surface area contributed by atoms with E-state index in [1.54, 1.807) is 16.0 Å². The quantitative estimate of drug-likeness (QED) is 0.423. The van der Waals surface area contributed by atoms with Crippen molar-refractivity contribution in [3.8, 4) is 17.0 Å². The molecule has 4 heterocycles. The van der Waals surface area contributed by atoms with Gasteiger partial charge in [-0.1, -0.05) is 0 Å². The average Bonchev–Trinajstić information content (AvgIpc) is 3.56. The third-order valence-electron chi connectivity index (χ3n) is 7.24. The summed E-state index contributed by atoms with van der Waals surface area (Å²) < 4.78 is 8.57. The summed E-state index contributed by atoms with van der Waals surface area (Å²) in [6, 6.07) is 10.9. The summed E-state index contributed by atoms with van der Waals surface area (Å²) >= 11 is 1.57. The molecule has 0 saturated carbocycles. The number of likely N-dealkylation sites (tertiary alicyclic amines) is 2. The first kappa shape index (κ1) is 23.5. The maximum atomic E-state index is 12.7. The maximum Gasteiger partial charge on any atom is 0.275 e. The van der Waals surface area contributed by atoms with E-state index >= 15 is 0 Å². The zero-order valence-electron chi connectivity index (χ0n) is 20.4. The number of ether oxygens (including phenoxy) is 1. The summed E-state index contributed by atoms with van der Waals surface area (Å²) in [7, 11) is 0. The van der Waals surface area contributed by atoms with E-state index in [0.29, 0.717) is 0 Å². The molecule has 0 bridgehead atoms. The molecule has 1 aromatic carbocycles. The van der Waals surface area contributed by atoms with E-state index in [9.17, 15) is 4.79 Å². The van der Waals surface area contributed by atoms with Gasteiger partial charge in [0, 0.05) is 18.2 Å². The van der Waals surface area contributed by atoms with Crippen molar-refractivity contribution in [1.82, 2.24) is 19.6 Å². The topological polar surface area (TPSA) is 50.6 Å². The fourth-order valence-electron chi connectivity index (χ4n) is 5.32. The first-order valence-corrected chi connectivity index (χ1v) is 13.7. The highest BCUT2D eigenvalue weighted by atomic mass is 32.1. The van der Waals surface area contributed by atoms with Crippen LogP contribution in [0.2, 0.25) is 0 Å². The van der Waals surface area contributed by atoms with E-state index in [2.05, 4.69) is 21.9 Å². The monoisotopic (exact) mass is 480 g/mol. The molecule has 0 N–H and O–H groups in total. The lowest BCUT2D eigenvalue weighted by atomic mass is 10.0. The summed E-state index contributed by atoms with van der Waals surface area (Å²) in [6.45, 7) is 10.9. The number of aromatic nitrogens is 2. The Bertz CT molecular complexity index is 1140. The highest BCUT2D eigenvalue weighted by molar-refractivity contribution is 7.17. The average molecular weight is 481 g/mol. The SMILES string of the molecule is CC(C)n1nc(-c2ccc(OCCCN3CCC(N4CCCC4)CC3)cc2)c2sccc2c1=O. The Morgan fingerprint density at radius 1 is 1.06 bits per heavy atom. The number of fused-ring (bicyclic) bond motifs is 1. The van der Waals surface area contributed by atoms with Gasteiger partial charge >= 0.3 is 0 Å². The minimum atomic E-state index is -0.0183. The van der Waals surface area contributed by atoms with E-state index in [-0.39, 0.29) is 11.6 Å². The zero-order chi connectivity index (χ0) is 23.5. The van der Waals surface area contributed by atoms with Crippen molar-refractivity contribution < 1.29 is 4.74 Å². The Labute approximate surface area is 206 Å². The third kappa shape index (κ3) is 5.07. The molecule has 2 aromatic heterocycles. The molecular formula is C27H36N4O2S. The molecule has 0 atom stereocenters. The summed E-state index contributed by atoms with van der Waals surface area (Å²) in [4.78, 5) is 18.0. The third-order valence-corrected chi connectivity index (χ3v) is 8.17. The van der Waals surface area contributed by atoms with Crippen LogP contribution in [0.1, 0.15) is 52.0 Å². The van der Waals surface area contributed by atoms with Gasteiger partial charge in [0.2, 0.25) is 0 Å². The number of benzene rings is 1. The lowest BCUT2D eigenvalue weighted by molar-refractivity contribution is 0.122. The predicted molar refractivity (Wildman–Crippen MR) is 140 cm³/mol. The molecular weight excluding hydrogens is 444 g/mol. The van der Waals surface area contributed by atoms with Crippen LogP contribution < -0.4 is 10.3 Å². The standard InChI is InChI=1S/C27H36N4O2S/c1-20(2)31-27(32)24-12-19-34-26(24)25(28-31)21-6-8-23(9-7-21)33-18-5-13-29-16-10-22(11-17-29)30-14-3-4-15-30/h6-9,12,19-20,22H,3-5,10-11,13-18H2,1-2H3. The van der Waals surface area contributed by atoms with Crippen molar-refractivity contribution in [2.45, 2.75) is 58.0 Å². The van der Waals surface area contributed by atoms with Gasteiger partial charge in [-0.25, -0.2) is 4.68 Å². The molecule has 0 amide bonds. The minimum Gasteiger partial charge on any atom is -0.494 e. The fourth-order valence-corrected chi connectivity index (χ4v) is 6.22. The molecule has 0 spiro atoms. The second kappa shape index (κ2) is 10.6. The second-order valence-corrected chi connectivity index (χ2v) is 10.8. The van der Waals surface area contributed by atoms with Crippen LogP contribution in [-0.4, -0.2) is 65.0 Å². The summed E-state index contributed by atoms with van der Waals surface area (Å²) in [5.74, 6) is 0.885. The van der Waals surface area contributed by atoms with Gasteiger partial charge in [0.25, 0.3) is 5.56 Å². The molecule has 182 valence electrons. The van der Waals surface area contributed by atoms with Gasteiger partial charge in [0.05, 0.1) is 22.7 Å². The van der Waals surface area contributed by atoms with Crippen LogP contribution in [0.3, 0.4) is 0 Å². The fraction of sp³-hybridized carbons (Fsp3) is 0.556. The Balaban J connectivity index is 1.14. The number of rotatable bonds is 8. The van der Waals surface area contributed by atoms with Crippen LogP contribution in [0.4, 0.5) is 0 Å². The molecule has 0 radical (unpaired) electrons. The maximum absolute atomic E-state index is 12.7. The number of piperidine rings is 1. The number of thiophene rings is 1. The van der Waals surface area contributed by atoms with Crippen LogP contribution in [-0.2, 0) is 0 Å². The molecule has 2 fully saturated rings. The van der Waals surface area contributed by atoms with Crippen molar-refractivity contribution in [2.75, 3.05) is 39.3 Å². The number of hydrogen-bond donors (Lipinski definition) is 0. The molecule has 5 rings (SSSR count). The zero-order valence-corrected chi connectivity index (χ0v) is 21.2. The predicted octanol–water partition coefficient (Wildman–Crippen LogP) is 5.04. The lowest BCUT2D eigenvalue weighted by Crippen LogP contribution is -2.44. The van der Waals surface area contributed by atoms with Crippen molar-refractivity contribution in [2.24, 2.45) is 0 Å². The van der Waals surface area contributed by atoms with Crippen molar-refractivity contribution >= 4 is 21.4 Å². The van der Waals surface area contributed by atoms with Crippen molar-refractivity contribution in [3.63, 3.8) is 0 Å². The van der Waals surface area contributed by atoms with Gasteiger partial charge in [-0.15, -0.1) is 11.3 Å². The normalized spacial score (nSPS) is 18.3. The molecule has 34 heavy (non-hydrogen) atoms. The Kier molecular flexibility index (Phi) is 7.32. The molecule has 2 aliphatic heterocycles. The van der Waals surface area contributed by atoms with Crippen molar-refractivity contribution in [1.29, 1.82) is 0 Å². The van der Waals surface area contributed by atoms with Gasteiger partial charge in [-0.3, -0.25) is 4.79 Å². The van der Waals surface area contributed by atoms with E-state index < -0.39 is 0 Å². The highest BCUT2D eigenvalue weighted by Gasteiger charge is 2.26. The summed E-state index contributed by atoms with van der Waals surface area (Å²) in [5, 5.41) is 7.41. The number of nitrogens with zero attached hydrogens (tertiary/aromatic N) is 4. The largest absolute Gasteiger partial charge is 0.494 e. The van der Waals surface area contributed by atoms with Crippen LogP contribution >= 0.6 is 11.3 Å². The van der Waals surface area contributed by atoms with Gasteiger partial charge in [-0.05, 0) is 108 Å².